The van der Waals surface area contributed by atoms with Gasteiger partial charge < -0.3 is 14.2 Å². The highest BCUT2D eigenvalue weighted by Gasteiger charge is 2.31. The Labute approximate surface area is 228 Å². The summed E-state index contributed by atoms with van der Waals surface area (Å²) in [7, 11) is 1.64. The molecule has 2 aromatic rings. The fourth-order valence-corrected chi connectivity index (χ4v) is 4.63. The van der Waals surface area contributed by atoms with Gasteiger partial charge in [0.25, 0.3) is 5.91 Å². The van der Waals surface area contributed by atoms with Crippen molar-refractivity contribution in [3.05, 3.63) is 59.9 Å². The quantitative estimate of drug-likeness (QED) is 0.190. The third-order valence-corrected chi connectivity index (χ3v) is 6.96. The molecule has 0 aromatic heterocycles. The molecule has 0 radical (unpaired) electrons. The Hall–Kier alpha value is -2.95. The van der Waals surface area contributed by atoms with E-state index in [0.29, 0.717) is 44.4 Å². The molecule has 8 nitrogen and oxygen atoms in total. The molecule has 10 heteroatoms. The Morgan fingerprint density at radius 2 is 1.84 bits per heavy atom. The van der Waals surface area contributed by atoms with Crippen molar-refractivity contribution < 1.29 is 28.2 Å². The van der Waals surface area contributed by atoms with E-state index in [1.807, 2.05) is 38.1 Å². The highest BCUT2D eigenvalue weighted by molar-refractivity contribution is 8.01. The van der Waals surface area contributed by atoms with Gasteiger partial charge >= 0.3 is 5.97 Å². The van der Waals surface area contributed by atoms with Crippen LogP contribution >= 0.6 is 11.8 Å². The fourth-order valence-electron chi connectivity index (χ4n) is 3.63. The minimum absolute atomic E-state index is 0.142. The lowest BCUT2D eigenvalue weighted by atomic mass is 10.2. The first kappa shape index (κ1) is 29.6. The molecular weight excluding hydrogens is 509 g/mol. The summed E-state index contributed by atoms with van der Waals surface area (Å²) in [6.07, 6.45) is 1.84. The van der Waals surface area contributed by atoms with Gasteiger partial charge in [0.1, 0.15) is 10.6 Å². The van der Waals surface area contributed by atoms with Gasteiger partial charge in [-0.2, -0.15) is 5.01 Å². The SMILES string of the molecule is CCCCOC(=O)C(C)(C)Sc1ccc(CN(CCOC)CC2=NN(c3ccc(F)cc3)C(=O)CO2)cc1. The van der Waals surface area contributed by atoms with Crippen molar-refractivity contribution in [1.82, 2.24) is 4.90 Å². The highest BCUT2D eigenvalue weighted by atomic mass is 32.2. The predicted molar refractivity (Wildman–Crippen MR) is 147 cm³/mol. The van der Waals surface area contributed by atoms with Crippen LogP contribution in [0.4, 0.5) is 10.1 Å². The number of ether oxygens (including phenoxy) is 3. The maximum Gasteiger partial charge on any atom is 0.321 e. The monoisotopic (exact) mass is 545 g/mol. The molecular formula is C28H36FN3O5S. The first-order valence-electron chi connectivity index (χ1n) is 12.7. The van der Waals surface area contributed by atoms with Crippen molar-refractivity contribution in [2.24, 2.45) is 5.10 Å². The zero-order valence-corrected chi connectivity index (χ0v) is 23.3. The molecule has 0 aliphatic carbocycles. The number of halogens is 1. The van der Waals surface area contributed by atoms with E-state index in [-0.39, 0.29) is 24.3 Å². The molecule has 1 aliphatic rings. The summed E-state index contributed by atoms with van der Waals surface area (Å²) in [5.41, 5.74) is 1.54. The Bertz CT molecular complexity index is 1090. The van der Waals surface area contributed by atoms with Gasteiger partial charge in [0.2, 0.25) is 5.90 Å². The summed E-state index contributed by atoms with van der Waals surface area (Å²) >= 11 is 1.47. The second-order valence-electron chi connectivity index (χ2n) is 9.41. The molecule has 1 aliphatic heterocycles. The second-order valence-corrected chi connectivity index (χ2v) is 11.1. The Kier molecular flexibility index (Phi) is 11.1. The number of hydrogen-bond donors (Lipinski definition) is 0. The first-order chi connectivity index (χ1) is 18.2. The predicted octanol–water partition coefficient (Wildman–Crippen LogP) is 4.87. The van der Waals surface area contributed by atoms with Gasteiger partial charge in [0, 0.05) is 25.1 Å². The maximum absolute atomic E-state index is 13.3. The number of rotatable bonds is 14. The number of anilines is 1. The number of hydrogen-bond acceptors (Lipinski definition) is 8. The largest absolute Gasteiger partial charge is 0.469 e. The van der Waals surface area contributed by atoms with E-state index >= 15 is 0 Å². The van der Waals surface area contributed by atoms with Crippen LogP contribution in [0, 0.1) is 5.82 Å². The number of hydrazone groups is 1. The number of thioether (sulfide) groups is 1. The number of esters is 1. The van der Waals surface area contributed by atoms with Crippen molar-refractivity contribution >= 4 is 35.2 Å². The first-order valence-corrected chi connectivity index (χ1v) is 13.5. The van der Waals surface area contributed by atoms with Crippen LogP contribution in [-0.4, -0.2) is 67.4 Å². The fraction of sp³-hybridized carbons (Fsp3) is 0.464. The maximum atomic E-state index is 13.3. The van der Waals surface area contributed by atoms with Crippen molar-refractivity contribution in [1.29, 1.82) is 0 Å². The van der Waals surface area contributed by atoms with Crippen LogP contribution < -0.4 is 5.01 Å². The lowest BCUT2D eigenvalue weighted by Gasteiger charge is -2.27. The van der Waals surface area contributed by atoms with Crippen LogP contribution in [0.1, 0.15) is 39.2 Å². The molecule has 0 saturated carbocycles. The number of methoxy groups -OCH3 is 1. The lowest BCUT2D eigenvalue weighted by Crippen LogP contribution is -2.41. The molecule has 0 spiro atoms. The molecule has 0 fully saturated rings. The molecule has 0 saturated heterocycles. The molecule has 2 aromatic carbocycles. The van der Waals surface area contributed by atoms with E-state index in [2.05, 4.69) is 16.9 Å². The second kappa shape index (κ2) is 14.3. The van der Waals surface area contributed by atoms with Gasteiger partial charge in [-0.15, -0.1) is 16.9 Å². The molecule has 0 unspecified atom stereocenters. The molecule has 1 amide bonds. The standard InChI is InChI=1S/C28H36FN3O5S/c1-5-6-16-36-27(34)28(2,3)38-24-13-7-21(8-14-24)18-31(15-17-35-4)19-25-30-32(26(33)20-37-25)23-11-9-22(29)10-12-23/h7-14H,5-6,15-20H2,1-4H3. The van der Waals surface area contributed by atoms with Crippen LogP contribution in [0.2, 0.25) is 0 Å². The van der Waals surface area contributed by atoms with E-state index in [0.717, 1.165) is 23.3 Å². The highest BCUT2D eigenvalue weighted by Crippen LogP contribution is 2.33. The van der Waals surface area contributed by atoms with Gasteiger partial charge in [0.15, 0.2) is 6.61 Å². The van der Waals surface area contributed by atoms with Gasteiger partial charge in [-0.1, -0.05) is 25.5 Å². The average molecular weight is 546 g/mol. The van der Waals surface area contributed by atoms with E-state index in [4.69, 9.17) is 14.2 Å². The van der Waals surface area contributed by atoms with Gasteiger partial charge in [-0.3, -0.25) is 14.5 Å². The van der Waals surface area contributed by atoms with Crippen LogP contribution in [0.25, 0.3) is 0 Å². The zero-order valence-electron chi connectivity index (χ0n) is 22.4. The third-order valence-electron chi connectivity index (χ3n) is 5.78. The smallest absolute Gasteiger partial charge is 0.321 e. The Balaban J connectivity index is 1.65. The van der Waals surface area contributed by atoms with Gasteiger partial charge in [0.05, 0.1) is 25.4 Å². The van der Waals surface area contributed by atoms with Gasteiger partial charge in [-0.25, -0.2) is 4.39 Å². The van der Waals surface area contributed by atoms with Crippen LogP contribution in [0.3, 0.4) is 0 Å². The summed E-state index contributed by atoms with van der Waals surface area (Å²) in [4.78, 5) is 27.9. The average Bonchev–Trinajstić information content (AvgIpc) is 2.90. The summed E-state index contributed by atoms with van der Waals surface area (Å²) in [5, 5.41) is 5.62. The van der Waals surface area contributed by atoms with E-state index < -0.39 is 4.75 Å². The number of unbranched alkanes of at least 4 members (excludes halogenated alkanes) is 1. The number of nitrogens with zero attached hydrogens (tertiary/aromatic N) is 3. The van der Waals surface area contributed by atoms with Crippen molar-refractivity contribution in [2.45, 2.75) is 49.8 Å². The molecule has 1 heterocycles. The van der Waals surface area contributed by atoms with Gasteiger partial charge in [-0.05, 0) is 62.2 Å². The van der Waals surface area contributed by atoms with E-state index in [1.54, 1.807) is 7.11 Å². The van der Waals surface area contributed by atoms with Crippen LogP contribution in [0.15, 0.2) is 58.5 Å². The van der Waals surface area contributed by atoms with Crippen molar-refractivity contribution in [3.63, 3.8) is 0 Å². The number of carbonyl (C=O) groups is 2. The molecule has 3 rings (SSSR count). The molecule has 0 bridgehead atoms. The number of amides is 1. The topological polar surface area (TPSA) is 80.7 Å². The summed E-state index contributed by atoms with van der Waals surface area (Å²) in [6, 6.07) is 13.6. The normalized spacial score (nSPS) is 13.9. The molecule has 206 valence electrons. The van der Waals surface area contributed by atoms with Crippen molar-refractivity contribution in [2.75, 3.05) is 45.0 Å². The Morgan fingerprint density at radius 1 is 1.13 bits per heavy atom. The lowest BCUT2D eigenvalue weighted by molar-refractivity contribution is -0.145. The molecule has 0 atom stereocenters. The van der Waals surface area contributed by atoms with E-state index in [9.17, 15) is 14.0 Å². The number of benzene rings is 2. The molecule has 0 N–H and O–H groups in total. The minimum Gasteiger partial charge on any atom is -0.469 e. The zero-order chi connectivity index (χ0) is 27.5. The summed E-state index contributed by atoms with van der Waals surface area (Å²) in [6.45, 7) is 8.20. The minimum atomic E-state index is -0.690. The summed E-state index contributed by atoms with van der Waals surface area (Å²) in [5.74, 6) is -0.536. The Morgan fingerprint density at radius 3 is 2.50 bits per heavy atom. The van der Waals surface area contributed by atoms with Crippen molar-refractivity contribution in [3.8, 4) is 0 Å². The molecule has 38 heavy (non-hydrogen) atoms. The third kappa shape index (κ3) is 8.82. The number of carbonyl (C=O) groups excluding carboxylic acids is 2. The summed E-state index contributed by atoms with van der Waals surface area (Å²) < 4.78 is 28.9. The van der Waals surface area contributed by atoms with Crippen LogP contribution in [-0.2, 0) is 30.3 Å². The van der Waals surface area contributed by atoms with E-state index in [1.165, 1.54) is 41.0 Å². The van der Waals surface area contributed by atoms with Crippen LogP contribution in [0.5, 0.6) is 0 Å².